The zero-order valence-electron chi connectivity index (χ0n) is 10.4. The van der Waals surface area contributed by atoms with Crippen molar-refractivity contribution < 1.29 is 4.74 Å². The summed E-state index contributed by atoms with van der Waals surface area (Å²) in [5, 5.41) is 6.17. The number of hydrogen-bond donors (Lipinski definition) is 1. The maximum Gasteiger partial charge on any atom is 0.106 e. The number of nitrogens with zero attached hydrogens (tertiary/aromatic N) is 2. The summed E-state index contributed by atoms with van der Waals surface area (Å²) in [4.78, 5) is 0. The van der Waals surface area contributed by atoms with Crippen molar-refractivity contribution in [2.24, 2.45) is 10.8 Å². The Hall–Kier alpha value is -1.03. The first-order valence-electron chi connectivity index (χ1n) is 5.21. The Morgan fingerprint density at radius 2 is 2.20 bits per heavy atom. The van der Waals surface area contributed by atoms with Crippen LogP contribution in [-0.4, -0.2) is 37.0 Å². The first kappa shape index (κ1) is 14.0. The van der Waals surface area contributed by atoms with Gasteiger partial charge < -0.3 is 10.5 Å². The van der Waals surface area contributed by atoms with Gasteiger partial charge in [0.25, 0.3) is 0 Å². The first-order chi connectivity index (χ1) is 7.01. The summed E-state index contributed by atoms with van der Waals surface area (Å²) in [6, 6.07) is 0.116. The number of hydrogen-bond acceptors (Lipinski definition) is 4. The van der Waals surface area contributed by atoms with Crippen LogP contribution in [-0.2, 0) is 4.74 Å². The van der Waals surface area contributed by atoms with Crippen molar-refractivity contribution in [1.82, 2.24) is 5.01 Å². The van der Waals surface area contributed by atoms with E-state index in [1.54, 1.807) is 7.11 Å². The van der Waals surface area contributed by atoms with E-state index in [-0.39, 0.29) is 6.04 Å². The minimum absolute atomic E-state index is 0.116. The number of methoxy groups -OCH3 is 1. The second kappa shape index (κ2) is 6.45. The molecule has 0 saturated carbocycles. The summed E-state index contributed by atoms with van der Waals surface area (Å²) < 4.78 is 5.46. The molecule has 0 spiro atoms. The highest BCUT2D eigenvalue weighted by atomic mass is 16.5. The second-order valence-electron chi connectivity index (χ2n) is 3.70. The van der Waals surface area contributed by atoms with Gasteiger partial charge in [-0.05, 0) is 32.5 Å². The molecule has 0 aromatic rings. The molecule has 0 amide bonds. The van der Waals surface area contributed by atoms with E-state index in [0.29, 0.717) is 0 Å². The summed E-state index contributed by atoms with van der Waals surface area (Å²) in [5.41, 5.74) is 4.99. The Kier molecular flexibility index (Phi) is 6.01. The molecule has 0 radical (unpaired) electrons. The Labute approximate surface area is 92.8 Å². The van der Waals surface area contributed by atoms with E-state index in [1.807, 2.05) is 31.3 Å². The number of rotatable bonds is 6. The van der Waals surface area contributed by atoms with Crippen molar-refractivity contribution in [3.8, 4) is 0 Å². The molecular weight excluding hydrogens is 190 g/mol. The van der Waals surface area contributed by atoms with Crippen LogP contribution >= 0.6 is 0 Å². The van der Waals surface area contributed by atoms with Crippen molar-refractivity contribution in [2.45, 2.75) is 38.8 Å². The molecule has 0 aliphatic carbocycles. The van der Waals surface area contributed by atoms with E-state index in [1.165, 1.54) is 6.20 Å². The second-order valence-corrected chi connectivity index (χ2v) is 3.70. The lowest BCUT2D eigenvalue weighted by Gasteiger charge is -2.35. The zero-order valence-corrected chi connectivity index (χ0v) is 10.4. The standard InChI is InChI=1S/C11H23N3O/c1-6-9-13-14(4)10(2)11(3,15-5)7-8-12/h7-10H,6,12H2,1-5H3/b8-7+,13-9-. The van der Waals surface area contributed by atoms with Gasteiger partial charge >= 0.3 is 0 Å². The van der Waals surface area contributed by atoms with Gasteiger partial charge in [-0.25, -0.2) is 0 Å². The van der Waals surface area contributed by atoms with Crippen LogP contribution in [0.1, 0.15) is 27.2 Å². The van der Waals surface area contributed by atoms with Gasteiger partial charge in [-0.3, -0.25) is 5.01 Å². The molecule has 2 unspecified atom stereocenters. The topological polar surface area (TPSA) is 50.8 Å². The van der Waals surface area contributed by atoms with Gasteiger partial charge in [0, 0.05) is 20.4 Å². The lowest BCUT2D eigenvalue weighted by molar-refractivity contribution is -0.0165. The molecule has 0 aliphatic heterocycles. The van der Waals surface area contributed by atoms with Gasteiger partial charge in [-0.2, -0.15) is 5.10 Å². The third-order valence-corrected chi connectivity index (χ3v) is 2.70. The van der Waals surface area contributed by atoms with Gasteiger partial charge in [0.05, 0.1) is 6.04 Å². The highest BCUT2D eigenvalue weighted by molar-refractivity contribution is 5.56. The van der Waals surface area contributed by atoms with E-state index in [0.717, 1.165) is 6.42 Å². The summed E-state index contributed by atoms with van der Waals surface area (Å²) >= 11 is 0. The lowest BCUT2D eigenvalue weighted by Crippen LogP contribution is -2.46. The van der Waals surface area contributed by atoms with Crippen LogP contribution in [0.15, 0.2) is 17.4 Å². The Bertz CT molecular complexity index is 228. The normalized spacial score (nSPS) is 18.2. The van der Waals surface area contributed by atoms with E-state index in [9.17, 15) is 0 Å². The molecule has 0 heterocycles. The Morgan fingerprint density at radius 1 is 1.60 bits per heavy atom. The predicted molar refractivity (Wildman–Crippen MR) is 64.7 cm³/mol. The third kappa shape index (κ3) is 3.91. The van der Waals surface area contributed by atoms with E-state index in [4.69, 9.17) is 10.5 Å². The zero-order chi connectivity index (χ0) is 11.9. The fraction of sp³-hybridized carbons (Fsp3) is 0.727. The molecule has 0 aromatic carbocycles. The SMILES string of the molecule is CC/C=N\N(C)C(C)C(C)(/C=C/N)OC. The van der Waals surface area contributed by atoms with Crippen molar-refractivity contribution in [1.29, 1.82) is 0 Å². The molecule has 0 saturated heterocycles. The predicted octanol–water partition coefficient (Wildman–Crippen LogP) is 1.58. The van der Waals surface area contributed by atoms with Gasteiger partial charge in [-0.1, -0.05) is 6.92 Å². The Balaban J connectivity index is 4.63. The number of ether oxygens (including phenoxy) is 1. The van der Waals surface area contributed by atoms with Crippen molar-refractivity contribution in [2.75, 3.05) is 14.2 Å². The first-order valence-corrected chi connectivity index (χ1v) is 5.21. The summed E-state index contributed by atoms with van der Waals surface area (Å²) in [7, 11) is 3.60. The smallest absolute Gasteiger partial charge is 0.106 e. The van der Waals surface area contributed by atoms with E-state index >= 15 is 0 Å². The third-order valence-electron chi connectivity index (χ3n) is 2.70. The molecule has 2 atom stereocenters. The van der Waals surface area contributed by atoms with Crippen molar-refractivity contribution in [3.63, 3.8) is 0 Å². The number of hydrazone groups is 1. The summed E-state index contributed by atoms with van der Waals surface area (Å²) in [6.45, 7) is 6.09. The summed E-state index contributed by atoms with van der Waals surface area (Å²) in [6.07, 6.45) is 6.15. The van der Waals surface area contributed by atoms with Crippen molar-refractivity contribution >= 4 is 6.21 Å². The van der Waals surface area contributed by atoms with Crippen LogP contribution in [0.5, 0.6) is 0 Å². The molecule has 0 fully saturated rings. The summed E-state index contributed by atoms with van der Waals surface area (Å²) in [5.74, 6) is 0. The maximum atomic E-state index is 5.46. The van der Waals surface area contributed by atoms with E-state index < -0.39 is 5.60 Å². The molecule has 0 aromatic heterocycles. The minimum Gasteiger partial charge on any atom is -0.405 e. The number of nitrogens with two attached hydrogens (primary N) is 1. The lowest BCUT2D eigenvalue weighted by atomic mass is 9.97. The monoisotopic (exact) mass is 213 g/mol. The molecule has 0 aliphatic rings. The fourth-order valence-corrected chi connectivity index (χ4v) is 1.25. The Morgan fingerprint density at radius 3 is 2.60 bits per heavy atom. The van der Waals surface area contributed by atoms with Crippen molar-refractivity contribution in [3.05, 3.63) is 12.3 Å². The van der Waals surface area contributed by atoms with Gasteiger partial charge in [0.1, 0.15) is 5.60 Å². The van der Waals surface area contributed by atoms with Crippen LogP contribution in [0.25, 0.3) is 0 Å². The van der Waals surface area contributed by atoms with Crippen LogP contribution in [0.3, 0.4) is 0 Å². The molecule has 88 valence electrons. The molecule has 4 heteroatoms. The van der Waals surface area contributed by atoms with Crippen LogP contribution in [0.4, 0.5) is 0 Å². The van der Waals surface area contributed by atoms with Crippen LogP contribution in [0, 0.1) is 0 Å². The average Bonchev–Trinajstić information content (AvgIpc) is 2.24. The molecule has 0 rings (SSSR count). The fourth-order valence-electron chi connectivity index (χ4n) is 1.25. The highest BCUT2D eigenvalue weighted by Gasteiger charge is 2.30. The van der Waals surface area contributed by atoms with Gasteiger partial charge in [-0.15, -0.1) is 0 Å². The number of likely N-dealkylation sites (N-methyl/N-ethyl adjacent to an activating group) is 1. The van der Waals surface area contributed by atoms with Gasteiger partial charge in [0.2, 0.25) is 0 Å². The average molecular weight is 213 g/mol. The van der Waals surface area contributed by atoms with E-state index in [2.05, 4.69) is 18.9 Å². The van der Waals surface area contributed by atoms with Crippen LogP contribution < -0.4 is 5.73 Å². The maximum absolute atomic E-state index is 5.46. The molecule has 2 N–H and O–H groups in total. The molecule has 0 bridgehead atoms. The van der Waals surface area contributed by atoms with Gasteiger partial charge in [0.15, 0.2) is 0 Å². The quantitative estimate of drug-likeness (QED) is 0.538. The molecular formula is C11H23N3O. The van der Waals surface area contributed by atoms with Crippen LogP contribution in [0.2, 0.25) is 0 Å². The minimum atomic E-state index is -0.422. The highest BCUT2D eigenvalue weighted by Crippen LogP contribution is 2.20. The molecule has 4 nitrogen and oxygen atoms in total. The molecule has 15 heavy (non-hydrogen) atoms. The largest absolute Gasteiger partial charge is 0.405 e.